The number of hydrogen-bond acceptors (Lipinski definition) is 2. The molecule has 0 saturated heterocycles. The number of carboxylic acid groups (broad SMARTS) is 1. The summed E-state index contributed by atoms with van der Waals surface area (Å²) in [4.78, 5) is 24.1. The molecule has 0 aromatic heterocycles. The van der Waals surface area contributed by atoms with Gasteiger partial charge in [-0.3, -0.25) is 4.79 Å². The first-order valence-corrected chi connectivity index (χ1v) is 5.59. The maximum Gasteiger partial charge on any atom is 0.317 e. The fourth-order valence-electron chi connectivity index (χ4n) is 1.47. The highest BCUT2D eigenvalue weighted by Crippen LogP contribution is 2.25. The molecule has 0 aliphatic heterocycles. The van der Waals surface area contributed by atoms with E-state index in [1.54, 1.807) is 20.9 Å². The number of nitrogens with zero attached hydrogens (tertiary/aromatic N) is 1. The van der Waals surface area contributed by atoms with Crippen LogP contribution in [0.4, 0.5) is 4.79 Å². The minimum Gasteiger partial charge on any atom is -0.481 e. The molecule has 0 spiro atoms. The molecule has 0 aliphatic rings. The molecule has 0 rings (SSSR count). The number of nitrogens with one attached hydrogen (secondary N) is 1. The lowest BCUT2D eigenvalue weighted by Gasteiger charge is -2.27. The zero-order valence-corrected chi connectivity index (χ0v) is 10.6. The average Bonchev–Trinajstić information content (AvgIpc) is 2.30. The number of rotatable bonds is 6. The maximum absolute atomic E-state index is 11.6. The summed E-state index contributed by atoms with van der Waals surface area (Å²) in [5.41, 5.74) is -0.896. The van der Waals surface area contributed by atoms with Gasteiger partial charge in [-0.1, -0.05) is 19.8 Å². The van der Waals surface area contributed by atoms with Crippen LogP contribution in [-0.2, 0) is 4.79 Å². The molecule has 2 N–H and O–H groups in total. The molecule has 5 nitrogen and oxygen atoms in total. The molecule has 0 radical (unpaired) electrons. The van der Waals surface area contributed by atoms with Crippen LogP contribution in [0.2, 0.25) is 0 Å². The third-order valence-electron chi connectivity index (χ3n) is 3.06. The van der Waals surface area contributed by atoms with Crippen molar-refractivity contribution in [3.8, 4) is 12.3 Å². The summed E-state index contributed by atoms with van der Waals surface area (Å²) in [6.45, 7) is 3.91. The zero-order chi connectivity index (χ0) is 13.5. The Morgan fingerprint density at radius 1 is 1.41 bits per heavy atom. The molecule has 0 heterocycles. The molecule has 0 aromatic rings. The van der Waals surface area contributed by atoms with Crippen LogP contribution in [0.5, 0.6) is 0 Å². The Kier molecular flexibility index (Phi) is 6.11. The van der Waals surface area contributed by atoms with E-state index in [0.29, 0.717) is 12.8 Å². The number of urea groups is 1. The molecule has 96 valence electrons. The van der Waals surface area contributed by atoms with Gasteiger partial charge >= 0.3 is 12.0 Å². The minimum atomic E-state index is -0.896. The summed E-state index contributed by atoms with van der Waals surface area (Å²) >= 11 is 0. The van der Waals surface area contributed by atoms with E-state index < -0.39 is 11.4 Å². The van der Waals surface area contributed by atoms with Gasteiger partial charge in [-0.25, -0.2) is 4.79 Å². The van der Waals surface area contributed by atoms with E-state index >= 15 is 0 Å². The number of carbonyl (C=O) groups excluding carboxylic acids is 1. The van der Waals surface area contributed by atoms with Crippen molar-refractivity contribution < 1.29 is 14.7 Å². The molecule has 0 atom stereocenters. The Balaban J connectivity index is 4.48. The van der Waals surface area contributed by atoms with Crippen LogP contribution in [0, 0.1) is 17.8 Å². The third kappa shape index (κ3) is 3.99. The highest BCUT2D eigenvalue weighted by Gasteiger charge is 2.35. The smallest absolute Gasteiger partial charge is 0.317 e. The average molecular weight is 240 g/mol. The maximum atomic E-state index is 11.6. The summed E-state index contributed by atoms with van der Waals surface area (Å²) in [5, 5.41) is 11.8. The number of hydrogen-bond donors (Lipinski definition) is 2. The first kappa shape index (κ1) is 15.3. The summed E-state index contributed by atoms with van der Waals surface area (Å²) < 4.78 is 0. The summed E-state index contributed by atoms with van der Waals surface area (Å²) in [6.07, 6.45) is 6.02. The zero-order valence-electron chi connectivity index (χ0n) is 10.6. The molecule has 2 amide bonds. The lowest BCUT2D eigenvalue weighted by Crippen LogP contribution is -2.46. The van der Waals surface area contributed by atoms with Gasteiger partial charge in [0.05, 0.1) is 12.0 Å². The summed E-state index contributed by atoms with van der Waals surface area (Å²) in [5.74, 6) is 1.46. The molecule has 0 unspecified atom stereocenters. The van der Waals surface area contributed by atoms with Gasteiger partial charge < -0.3 is 15.3 Å². The molecule has 0 aliphatic carbocycles. The van der Waals surface area contributed by atoms with Gasteiger partial charge in [0.2, 0.25) is 0 Å². The molecule has 5 heteroatoms. The van der Waals surface area contributed by atoms with Crippen LogP contribution in [0.3, 0.4) is 0 Å². The summed E-state index contributed by atoms with van der Waals surface area (Å²) in [7, 11) is 1.57. The monoisotopic (exact) mass is 240 g/mol. The highest BCUT2D eigenvalue weighted by molar-refractivity contribution is 5.78. The van der Waals surface area contributed by atoms with Crippen molar-refractivity contribution in [3.63, 3.8) is 0 Å². The fraction of sp³-hybridized carbons (Fsp3) is 0.667. The molecule has 0 bridgehead atoms. The fourth-order valence-corrected chi connectivity index (χ4v) is 1.47. The Morgan fingerprint density at radius 2 is 1.94 bits per heavy atom. The van der Waals surface area contributed by atoms with Crippen molar-refractivity contribution in [2.24, 2.45) is 5.41 Å². The van der Waals surface area contributed by atoms with E-state index in [2.05, 4.69) is 11.2 Å². The number of carbonyl (C=O) groups is 2. The molecular weight excluding hydrogens is 220 g/mol. The van der Waals surface area contributed by atoms with Crippen molar-refractivity contribution in [2.75, 3.05) is 20.1 Å². The van der Waals surface area contributed by atoms with Crippen molar-refractivity contribution in [3.05, 3.63) is 0 Å². The van der Waals surface area contributed by atoms with Gasteiger partial charge in [-0.15, -0.1) is 6.42 Å². The van der Waals surface area contributed by atoms with Gasteiger partial charge in [0.15, 0.2) is 0 Å². The van der Waals surface area contributed by atoms with Crippen molar-refractivity contribution in [1.29, 1.82) is 0 Å². The normalized spacial score (nSPS) is 10.5. The lowest BCUT2D eigenvalue weighted by atomic mass is 9.82. The Labute approximate surface area is 102 Å². The topological polar surface area (TPSA) is 69.6 Å². The van der Waals surface area contributed by atoms with E-state index in [1.165, 1.54) is 4.90 Å². The standard InChI is InChI=1S/C12H20N2O3/c1-5-8-14(4)11(17)13-9-12(6-2,7-3)10(15)16/h1H,6-9H2,2-4H3,(H,13,17)(H,15,16). The van der Waals surface area contributed by atoms with Gasteiger partial charge in [-0.05, 0) is 12.8 Å². The third-order valence-corrected chi connectivity index (χ3v) is 3.06. The van der Waals surface area contributed by atoms with Crippen LogP contribution in [0.15, 0.2) is 0 Å². The first-order chi connectivity index (χ1) is 7.93. The molecule has 0 aromatic carbocycles. The van der Waals surface area contributed by atoms with Crippen LogP contribution in [0.25, 0.3) is 0 Å². The molecule has 0 saturated carbocycles. The van der Waals surface area contributed by atoms with E-state index in [-0.39, 0.29) is 19.1 Å². The second kappa shape index (κ2) is 6.79. The predicted octanol–water partition coefficient (Wildman–Crippen LogP) is 1.15. The number of terminal acetylenes is 1. The molecule has 17 heavy (non-hydrogen) atoms. The highest BCUT2D eigenvalue weighted by atomic mass is 16.4. The van der Waals surface area contributed by atoms with Crippen LogP contribution in [0.1, 0.15) is 26.7 Å². The van der Waals surface area contributed by atoms with Crippen molar-refractivity contribution in [2.45, 2.75) is 26.7 Å². The van der Waals surface area contributed by atoms with E-state index in [0.717, 1.165) is 0 Å². The largest absolute Gasteiger partial charge is 0.481 e. The van der Waals surface area contributed by atoms with Gasteiger partial charge in [0.1, 0.15) is 0 Å². The number of amides is 2. The molecule has 0 fully saturated rings. The number of aliphatic carboxylic acids is 1. The Bertz CT molecular complexity index is 316. The van der Waals surface area contributed by atoms with E-state index in [4.69, 9.17) is 6.42 Å². The number of carboxylic acids is 1. The SMILES string of the molecule is C#CCN(C)C(=O)NCC(CC)(CC)C(=O)O. The second-order valence-electron chi connectivity index (χ2n) is 4.01. The van der Waals surface area contributed by atoms with Gasteiger partial charge in [0, 0.05) is 13.6 Å². The quantitative estimate of drug-likeness (QED) is 0.684. The van der Waals surface area contributed by atoms with Gasteiger partial charge in [0.25, 0.3) is 0 Å². The lowest BCUT2D eigenvalue weighted by molar-refractivity contribution is -0.149. The van der Waals surface area contributed by atoms with Crippen LogP contribution < -0.4 is 5.32 Å². The van der Waals surface area contributed by atoms with E-state index in [1.807, 2.05) is 0 Å². The van der Waals surface area contributed by atoms with Crippen LogP contribution in [-0.4, -0.2) is 42.1 Å². The first-order valence-electron chi connectivity index (χ1n) is 5.59. The van der Waals surface area contributed by atoms with Crippen molar-refractivity contribution in [1.82, 2.24) is 10.2 Å². The Morgan fingerprint density at radius 3 is 2.29 bits per heavy atom. The van der Waals surface area contributed by atoms with Crippen LogP contribution >= 0.6 is 0 Å². The Hall–Kier alpha value is -1.70. The molecular formula is C12H20N2O3. The second-order valence-corrected chi connectivity index (χ2v) is 4.01. The predicted molar refractivity (Wildman–Crippen MR) is 65.5 cm³/mol. The summed E-state index contributed by atoms with van der Waals surface area (Å²) in [6, 6.07) is -0.351. The van der Waals surface area contributed by atoms with Crippen molar-refractivity contribution >= 4 is 12.0 Å². The van der Waals surface area contributed by atoms with E-state index in [9.17, 15) is 14.7 Å². The van der Waals surface area contributed by atoms with Gasteiger partial charge in [-0.2, -0.15) is 0 Å². The minimum absolute atomic E-state index is 0.114.